The summed E-state index contributed by atoms with van der Waals surface area (Å²) in [5.41, 5.74) is 7.44. The van der Waals surface area contributed by atoms with Crippen molar-refractivity contribution in [2.75, 3.05) is 19.0 Å². The van der Waals surface area contributed by atoms with E-state index in [-0.39, 0.29) is 6.10 Å². The molecular weight excluding hydrogens is 208 g/mol. The Labute approximate surface area is 95.6 Å². The van der Waals surface area contributed by atoms with Crippen LogP contribution >= 0.6 is 12.2 Å². The number of anilines is 1. The lowest BCUT2D eigenvalue weighted by atomic mass is 10.1. The molecule has 4 heteroatoms. The summed E-state index contributed by atoms with van der Waals surface area (Å²) in [6.07, 6.45) is 0.157. The summed E-state index contributed by atoms with van der Waals surface area (Å²) in [5.74, 6) is 0. The van der Waals surface area contributed by atoms with Gasteiger partial charge < -0.3 is 15.8 Å². The number of thiocarbonyl (C=S) groups is 1. The molecule has 0 saturated heterocycles. The molecule has 1 rings (SSSR count). The minimum absolute atomic E-state index is 0.157. The molecule has 0 spiro atoms. The first-order valence-electron chi connectivity index (χ1n) is 4.80. The van der Waals surface area contributed by atoms with Gasteiger partial charge in [-0.25, -0.2) is 0 Å². The van der Waals surface area contributed by atoms with E-state index in [1.165, 1.54) is 0 Å². The minimum atomic E-state index is 0.157. The molecule has 3 nitrogen and oxygen atoms in total. The highest BCUT2D eigenvalue weighted by atomic mass is 32.1. The van der Waals surface area contributed by atoms with Gasteiger partial charge in [0.25, 0.3) is 0 Å². The van der Waals surface area contributed by atoms with Gasteiger partial charge in [0.1, 0.15) is 4.99 Å². The molecule has 0 bridgehead atoms. The SMILES string of the molecule is COC(C)CNc1ccccc1C(N)=S. The molecule has 0 aliphatic heterocycles. The first kappa shape index (κ1) is 11.9. The van der Waals surface area contributed by atoms with Crippen LogP contribution in [0.1, 0.15) is 12.5 Å². The van der Waals surface area contributed by atoms with Crippen LogP contribution in [0.2, 0.25) is 0 Å². The summed E-state index contributed by atoms with van der Waals surface area (Å²) in [7, 11) is 1.69. The van der Waals surface area contributed by atoms with Gasteiger partial charge >= 0.3 is 0 Å². The fourth-order valence-electron chi connectivity index (χ4n) is 1.19. The van der Waals surface area contributed by atoms with Crippen LogP contribution in [0.5, 0.6) is 0 Å². The van der Waals surface area contributed by atoms with Crippen LogP contribution in [0.25, 0.3) is 0 Å². The number of hydrogen-bond acceptors (Lipinski definition) is 3. The fraction of sp³-hybridized carbons (Fsp3) is 0.364. The molecule has 0 aromatic heterocycles. The molecule has 1 aromatic carbocycles. The predicted octanol–water partition coefficient (Wildman–Crippen LogP) is 1.77. The number of benzene rings is 1. The van der Waals surface area contributed by atoms with E-state index >= 15 is 0 Å². The zero-order chi connectivity index (χ0) is 11.3. The van der Waals surface area contributed by atoms with E-state index in [2.05, 4.69) is 5.32 Å². The highest BCUT2D eigenvalue weighted by Crippen LogP contribution is 2.14. The van der Waals surface area contributed by atoms with Gasteiger partial charge in [-0.15, -0.1) is 0 Å². The summed E-state index contributed by atoms with van der Waals surface area (Å²) in [4.78, 5) is 0.406. The molecule has 0 amide bonds. The highest BCUT2D eigenvalue weighted by molar-refractivity contribution is 7.80. The lowest BCUT2D eigenvalue weighted by molar-refractivity contribution is 0.129. The number of para-hydroxylation sites is 1. The number of nitrogens with two attached hydrogens (primary N) is 1. The zero-order valence-electron chi connectivity index (χ0n) is 8.99. The summed E-state index contributed by atoms with van der Waals surface area (Å²) in [5, 5.41) is 3.25. The van der Waals surface area contributed by atoms with Crippen molar-refractivity contribution in [2.45, 2.75) is 13.0 Å². The molecule has 1 aromatic rings. The van der Waals surface area contributed by atoms with Gasteiger partial charge in [0.15, 0.2) is 0 Å². The number of ether oxygens (including phenoxy) is 1. The largest absolute Gasteiger partial charge is 0.389 e. The maximum atomic E-state index is 5.61. The average Bonchev–Trinajstić information content (AvgIpc) is 2.26. The Morgan fingerprint density at radius 1 is 1.53 bits per heavy atom. The van der Waals surface area contributed by atoms with E-state index in [0.29, 0.717) is 4.99 Å². The second-order valence-corrected chi connectivity index (χ2v) is 3.78. The van der Waals surface area contributed by atoms with E-state index in [9.17, 15) is 0 Å². The lowest BCUT2D eigenvalue weighted by Gasteiger charge is -2.14. The van der Waals surface area contributed by atoms with E-state index in [1.54, 1.807) is 7.11 Å². The van der Waals surface area contributed by atoms with E-state index < -0.39 is 0 Å². The third kappa shape index (κ3) is 3.49. The van der Waals surface area contributed by atoms with Crippen molar-refractivity contribution >= 4 is 22.9 Å². The van der Waals surface area contributed by atoms with E-state index in [1.807, 2.05) is 31.2 Å². The van der Waals surface area contributed by atoms with Crippen molar-refractivity contribution in [3.05, 3.63) is 29.8 Å². The summed E-state index contributed by atoms with van der Waals surface area (Å²) >= 11 is 4.96. The van der Waals surface area contributed by atoms with Gasteiger partial charge in [0.05, 0.1) is 6.10 Å². The second kappa shape index (κ2) is 5.68. The first-order chi connectivity index (χ1) is 7.15. The molecule has 82 valence electrons. The Morgan fingerprint density at radius 3 is 2.80 bits per heavy atom. The van der Waals surface area contributed by atoms with Crippen LogP contribution in [0.3, 0.4) is 0 Å². The summed E-state index contributed by atoms with van der Waals surface area (Å²) in [6, 6.07) is 7.72. The molecule has 0 heterocycles. The lowest BCUT2D eigenvalue weighted by Crippen LogP contribution is -2.20. The van der Waals surface area contributed by atoms with Crippen LogP contribution in [0.4, 0.5) is 5.69 Å². The van der Waals surface area contributed by atoms with Crippen molar-refractivity contribution in [3.8, 4) is 0 Å². The third-order valence-corrected chi connectivity index (χ3v) is 2.39. The van der Waals surface area contributed by atoms with Crippen molar-refractivity contribution in [3.63, 3.8) is 0 Å². The summed E-state index contributed by atoms with van der Waals surface area (Å²) < 4.78 is 5.15. The maximum Gasteiger partial charge on any atom is 0.106 e. The molecule has 3 N–H and O–H groups in total. The maximum absolute atomic E-state index is 5.61. The zero-order valence-corrected chi connectivity index (χ0v) is 9.80. The van der Waals surface area contributed by atoms with Crippen molar-refractivity contribution in [1.29, 1.82) is 0 Å². The molecule has 0 radical (unpaired) electrons. The third-order valence-electron chi connectivity index (χ3n) is 2.17. The molecule has 0 saturated carbocycles. The Morgan fingerprint density at radius 2 is 2.20 bits per heavy atom. The van der Waals surface area contributed by atoms with Crippen LogP contribution in [-0.2, 0) is 4.74 Å². The topological polar surface area (TPSA) is 47.3 Å². The van der Waals surface area contributed by atoms with Gasteiger partial charge in [-0.2, -0.15) is 0 Å². The second-order valence-electron chi connectivity index (χ2n) is 3.34. The average molecular weight is 224 g/mol. The van der Waals surface area contributed by atoms with Crippen LogP contribution in [0, 0.1) is 0 Å². The minimum Gasteiger partial charge on any atom is -0.389 e. The van der Waals surface area contributed by atoms with Crippen LogP contribution in [0.15, 0.2) is 24.3 Å². The number of nitrogens with one attached hydrogen (secondary N) is 1. The molecule has 15 heavy (non-hydrogen) atoms. The van der Waals surface area contributed by atoms with Crippen molar-refractivity contribution < 1.29 is 4.74 Å². The highest BCUT2D eigenvalue weighted by Gasteiger charge is 2.05. The normalized spacial score (nSPS) is 12.1. The molecule has 0 aliphatic rings. The van der Waals surface area contributed by atoms with Gasteiger partial charge in [-0.05, 0) is 19.1 Å². The molecule has 0 fully saturated rings. The van der Waals surface area contributed by atoms with Crippen molar-refractivity contribution in [1.82, 2.24) is 0 Å². The number of methoxy groups -OCH3 is 1. The Bertz CT molecular complexity index is 341. The fourth-order valence-corrected chi connectivity index (χ4v) is 1.37. The molecule has 1 atom stereocenters. The van der Waals surface area contributed by atoms with E-state index in [0.717, 1.165) is 17.8 Å². The smallest absolute Gasteiger partial charge is 0.106 e. The van der Waals surface area contributed by atoms with Gasteiger partial charge in [0.2, 0.25) is 0 Å². The summed E-state index contributed by atoms with van der Waals surface area (Å²) in [6.45, 7) is 2.73. The Balaban J connectivity index is 2.72. The van der Waals surface area contributed by atoms with Gasteiger partial charge in [-0.1, -0.05) is 24.4 Å². The molecule has 1 unspecified atom stereocenters. The number of rotatable bonds is 5. The predicted molar refractivity (Wildman–Crippen MR) is 67.3 cm³/mol. The number of hydrogen-bond donors (Lipinski definition) is 2. The first-order valence-corrected chi connectivity index (χ1v) is 5.21. The Kier molecular flexibility index (Phi) is 4.52. The van der Waals surface area contributed by atoms with Crippen LogP contribution < -0.4 is 11.1 Å². The molecular formula is C11H16N2OS. The standard InChI is InChI=1S/C11H16N2OS/c1-8(14-2)7-13-10-6-4-3-5-9(10)11(12)15/h3-6,8,13H,7H2,1-2H3,(H2,12,15). The van der Waals surface area contributed by atoms with Gasteiger partial charge in [-0.3, -0.25) is 0 Å². The van der Waals surface area contributed by atoms with Crippen molar-refractivity contribution in [2.24, 2.45) is 5.73 Å². The van der Waals surface area contributed by atoms with Crippen LogP contribution in [-0.4, -0.2) is 24.7 Å². The Hall–Kier alpha value is -1.13. The van der Waals surface area contributed by atoms with Gasteiger partial charge in [0, 0.05) is 24.9 Å². The quantitative estimate of drug-likeness (QED) is 0.748. The van der Waals surface area contributed by atoms with E-state index in [4.69, 9.17) is 22.7 Å². The monoisotopic (exact) mass is 224 g/mol. The molecule has 0 aliphatic carbocycles.